The third kappa shape index (κ3) is 4.91. The molecule has 6 heteroatoms. The van der Waals surface area contributed by atoms with E-state index in [-0.39, 0.29) is 30.1 Å². The van der Waals surface area contributed by atoms with Gasteiger partial charge in [0.05, 0.1) is 5.92 Å². The molecular formula is C20H27N3O3. The zero-order valence-electron chi connectivity index (χ0n) is 15.2. The lowest BCUT2D eigenvalue weighted by Gasteiger charge is -2.27. The predicted octanol–water partition coefficient (Wildman–Crippen LogP) is 1.86. The van der Waals surface area contributed by atoms with E-state index in [1.54, 1.807) is 0 Å². The van der Waals surface area contributed by atoms with Gasteiger partial charge in [-0.1, -0.05) is 19.1 Å². The molecule has 0 bridgehead atoms. The second-order valence-corrected chi connectivity index (χ2v) is 7.53. The Morgan fingerprint density at radius 3 is 2.50 bits per heavy atom. The minimum absolute atomic E-state index is 0.0459. The number of hydrogen-bond acceptors (Lipinski definition) is 4. The number of piperidine rings is 1. The summed E-state index contributed by atoms with van der Waals surface area (Å²) in [6.45, 7) is 4.25. The Kier molecular flexibility index (Phi) is 6.04. The molecule has 2 atom stereocenters. The van der Waals surface area contributed by atoms with Crippen LogP contribution >= 0.6 is 0 Å². The predicted molar refractivity (Wildman–Crippen MR) is 99.4 cm³/mol. The lowest BCUT2D eigenvalue weighted by Crippen LogP contribution is -2.32. The third-order valence-corrected chi connectivity index (χ3v) is 5.48. The van der Waals surface area contributed by atoms with Crippen molar-refractivity contribution in [1.82, 2.24) is 10.6 Å². The molecule has 2 fully saturated rings. The van der Waals surface area contributed by atoms with Crippen LogP contribution in [0.15, 0.2) is 24.3 Å². The highest BCUT2D eigenvalue weighted by Crippen LogP contribution is 2.25. The van der Waals surface area contributed by atoms with Crippen LogP contribution in [0.5, 0.6) is 0 Å². The fourth-order valence-electron chi connectivity index (χ4n) is 3.86. The number of hydrogen-bond donors (Lipinski definition) is 3. The Morgan fingerprint density at radius 2 is 1.88 bits per heavy atom. The first kappa shape index (κ1) is 18.6. The van der Waals surface area contributed by atoms with Gasteiger partial charge in [0.25, 0.3) is 0 Å². The van der Waals surface area contributed by atoms with Crippen molar-refractivity contribution < 1.29 is 14.4 Å². The number of benzene rings is 1. The quantitative estimate of drug-likeness (QED) is 0.678. The SMILES string of the molecule is CC(CC(=O)Nc1ccc(CC2CC(=O)NC2=O)cc1)C1CCNCC1. The standard InChI is InChI=1S/C20H27N3O3/c1-13(15-6-8-21-9-7-15)10-18(24)22-17-4-2-14(3-5-17)11-16-12-19(25)23-20(16)26/h2-5,13,15-16,21H,6-12H2,1H3,(H,22,24)(H,23,25,26). The first-order valence-corrected chi connectivity index (χ1v) is 9.44. The van der Waals surface area contributed by atoms with Gasteiger partial charge in [0, 0.05) is 18.5 Å². The molecule has 1 aromatic rings. The smallest absolute Gasteiger partial charge is 0.230 e. The number of carbonyl (C=O) groups is 3. The largest absolute Gasteiger partial charge is 0.326 e. The van der Waals surface area contributed by atoms with Crippen LogP contribution in [0.2, 0.25) is 0 Å². The van der Waals surface area contributed by atoms with Gasteiger partial charge in [-0.25, -0.2) is 0 Å². The molecule has 0 aliphatic carbocycles. The highest BCUT2D eigenvalue weighted by atomic mass is 16.2. The maximum Gasteiger partial charge on any atom is 0.230 e. The summed E-state index contributed by atoms with van der Waals surface area (Å²) in [5, 5.41) is 8.65. The van der Waals surface area contributed by atoms with Gasteiger partial charge in [0.1, 0.15) is 0 Å². The molecule has 0 spiro atoms. The van der Waals surface area contributed by atoms with Crippen molar-refractivity contribution in [2.45, 2.75) is 39.0 Å². The Bertz CT molecular complexity index is 665. The van der Waals surface area contributed by atoms with Gasteiger partial charge in [-0.15, -0.1) is 0 Å². The van der Waals surface area contributed by atoms with Crippen molar-refractivity contribution >= 4 is 23.4 Å². The van der Waals surface area contributed by atoms with Crippen LogP contribution < -0.4 is 16.0 Å². The van der Waals surface area contributed by atoms with E-state index < -0.39 is 0 Å². The normalized spacial score (nSPS) is 22.1. The van der Waals surface area contributed by atoms with Crippen LogP contribution in [0.25, 0.3) is 0 Å². The van der Waals surface area contributed by atoms with E-state index in [1.807, 2.05) is 24.3 Å². The second-order valence-electron chi connectivity index (χ2n) is 7.53. The molecule has 2 unspecified atom stereocenters. The molecule has 0 radical (unpaired) electrons. The lowest BCUT2D eigenvalue weighted by atomic mass is 9.84. The molecule has 0 aromatic heterocycles. The molecule has 0 saturated carbocycles. The van der Waals surface area contributed by atoms with Gasteiger partial charge in [-0.05, 0) is 61.9 Å². The van der Waals surface area contributed by atoms with Gasteiger partial charge in [-0.2, -0.15) is 0 Å². The average molecular weight is 357 g/mol. The number of carbonyl (C=O) groups excluding carboxylic acids is 3. The van der Waals surface area contributed by atoms with Crippen molar-refractivity contribution in [3.8, 4) is 0 Å². The van der Waals surface area contributed by atoms with E-state index in [4.69, 9.17) is 0 Å². The lowest BCUT2D eigenvalue weighted by molar-refractivity contribution is -0.125. The van der Waals surface area contributed by atoms with E-state index in [2.05, 4.69) is 22.9 Å². The van der Waals surface area contributed by atoms with E-state index >= 15 is 0 Å². The number of nitrogens with one attached hydrogen (secondary N) is 3. The van der Waals surface area contributed by atoms with Crippen molar-refractivity contribution in [2.24, 2.45) is 17.8 Å². The highest BCUT2D eigenvalue weighted by molar-refractivity contribution is 6.03. The minimum Gasteiger partial charge on any atom is -0.326 e. The summed E-state index contributed by atoms with van der Waals surface area (Å²) in [6, 6.07) is 7.53. The maximum atomic E-state index is 12.3. The van der Waals surface area contributed by atoms with Crippen LogP contribution in [0.1, 0.15) is 38.2 Å². The van der Waals surface area contributed by atoms with Gasteiger partial charge >= 0.3 is 0 Å². The van der Waals surface area contributed by atoms with Crippen LogP contribution in [-0.4, -0.2) is 30.8 Å². The van der Waals surface area contributed by atoms with Crippen LogP contribution in [0, 0.1) is 17.8 Å². The maximum absolute atomic E-state index is 12.3. The summed E-state index contributed by atoms with van der Waals surface area (Å²) in [6.07, 6.45) is 3.61. The topological polar surface area (TPSA) is 87.3 Å². The molecule has 26 heavy (non-hydrogen) atoms. The first-order valence-electron chi connectivity index (χ1n) is 9.44. The minimum atomic E-state index is -0.284. The second kappa shape index (κ2) is 8.45. The average Bonchev–Trinajstić information content (AvgIpc) is 2.94. The van der Waals surface area contributed by atoms with Crippen molar-refractivity contribution in [1.29, 1.82) is 0 Å². The molecule has 6 nitrogen and oxygen atoms in total. The zero-order chi connectivity index (χ0) is 18.5. The number of imide groups is 1. The molecule has 3 N–H and O–H groups in total. The monoisotopic (exact) mass is 357 g/mol. The zero-order valence-corrected chi connectivity index (χ0v) is 15.2. The molecular weight excluding hydrogens is 330 g/mol. The molecule has 2 aliphatic heterocycles. The summed E-state index contributed by atoms with van der Waals surface area (Å²) < 4.78 is 0. The number of anilines is 1. The summed E-state index contributed by atoms with van der Waals surface area (Å²) in [5.74, 6) is 0.365. The van der Waals surface area contributed by atoms with Gasteiger partial charge < -0.3 is 10.6 Å². The Hall–Kier alpha value is -2.21. The summed E-state index contributed by atoms with van der Waals surface area (Å²) in [7, 11) is 0. The Balaban J connectivity index is 1.48. The first-order chi connectivity index (χ1) is 12.5. The molecule has 2 heterocycles. The highest BCUT2D eigenvalue weighted by Gasteiger charge is 2.30. The van der Waals surface area contributed by atoms with Gasteiger partial charge in [0.2, 0.25) is 17.7 Å². The van der Waals surface area contributed by atoms with Crippen LogP contribution in [0.3, 0.4) is 0 Å². The fraction of sp³-hybridized carbons (Fsp3) is 0.550. The molecule has 2 aliphatic rings. The Labute approximate surface area is 154 Å². The van der Waals surface area contributed by atoms with Crippen molar-refractivity contribution in [3.63, 3.8) is 0 Å². The molecule has 3 amide bonds. The van der Waals surface area contributed by atoms with E-state index in [9.17, 15) is 14.4 Å². The summed E-state index contributed by atoms with van der Waals surface area (Å²) in [4.78, 5) is 35.2. The third-order valence-electron chi connectivity index (χ3n) is 5.48. The number of rotatable bonds is 6. The molecule has 3 rings (SSSR count). The van der Waals surface area contributed by atoms with Gasteiger partial charge in [-0.3, -0.25) is 19.7 Å². The summed E-state index contributed by atoms with van der Waals surface area (Å²) >= 11 is 0. The van der Waals surface area contributed by atoms with Gasteiger partial charge in [0.15, 0.2) is 0 Å². The van der Waals surface area contributed by atoms with Crippen molar-refractivity contribution in [2.75, 3.05) is 18.4 Å². The molecule has 1 aromatic carbocycles. The van der Waals surface area contributed by atoms with Crippen molar-refractivity contribution in [3.05, 3.63) is 29.8 Å². The van der Waals surface area contributed by atoms with E-state index in [1.165, 1.54) is 0 Å². The Morgan fingerprint density at radius 1 is 1.19 bits per heavy atom. The van der Waals surface area contributed by atoms with E-state index in [0.717, 1.165) is 37.2 Å². The fourth-order valence-corrected chi connectivity index (χ4v) is 3.86. The summed E-state index contributed by atoms with van der Waals surface area (Å²) in [5.41, 5.74) is 1.75. The van der Waals surface area contributed by atoms with Crippen LogP contribution in [0.4, 0.5) is 5.69 Å². The molecule has 2 saturated heterocycles. The molecule has 140 valence electrons. The van der Waals surface area contributed by atoms with E-state index in [0.29, 0.717) is 24.7 Å². The van der Waals surface area contributed by atoms with Crippen LogP contribution in [-0.2, 0) is 20.8 Å². The number of amides is 3.